The summed E-state index contributed by atoms with van der Waals surface area (Å²) in [4.78, 5) is 46.6. The van der Waals surface area contributed by atoms with Gasteiger partial charge < -0.3 is 19.9 Å². The van der Waals surface area contributed by atoms with Crippen LogP contribution >= 0.6 is 23.1 Å². The van der Waals surface area contributed by atoms with Gasteiger partial charge in [-0.1, -0.05) is 29.7 Å². The maximum absolute atomic E-state index is 13.7. The lowest BCUT2D eigenvalue weighted by atomic mass is 10.1. The second kappa shape index (κ2) is 10.8. The van der Waals surface area contributed by atoms with E-state index in [2.05, 4.69) is 16.9 Å². The summed E-state index contributed by atoms with van der Waals surface area (Å²) < 4.78 is 6.49. The molecule has 0 radical (unpaired) electrons. The molecule has 2 heterocycles. The molecule has 1 aliphatic heterocycles. The predicted octanol–water partition coefficient (Wildman–Crippen LogP) is 4.21. The van der Waals surface area contributed by atoms with E-state index in [0.29, 0.717) is 42.5 Å². The van der Waals surface area contributed by atoms with Gasteiger partial charge >= 0.3 is 0 Å². The Morgan fingerprint density at radius 1 is 1.29 bits per heavy atom. The smallest absolute Gasteiger partial charge is 0.257 e. The van der Waals surface area contributed by atoms with Gasteiger partial charge in [-0.05, 0) is 56.9 Å². The van der Waals surface area contributed by atoms with E-state index in [4.69, 9.17) is 4.74 Å². The topological polar surface area (TPSA) is 91.8 Å². The SMILES string of the molecule is C=CC(=O)N1CCCN(C(=O)c2cc(Sc3cnc(NC(=O)C4CC4)s3)c(C)cc2OC)[C@@H](C)C1. The lowest BCUT2D eigenvalue weighted by Gasteiger charge is -2.29. The van der Waals surface area contributed by atoms with Crippen LogP contribution in [-0.4, -0.2) is 65.3 Å². The Hall–Kier alpha value is -2.85. The molecule has 1 aromatic carbocycles. The molecular weight excluding hydrogens is 484 g/mol. The van der Waals surface area contributed by atoms with Crippen LogP contribution in [0.25, 0.3) is 0 Å². The van der Waals surface area contributed by atoms with Gasteiger partial charge in [0.2, 0.25) is 11.8 Å². The molecule has 1 saturated carbocycles. The first-order valence-electron chi connectivity index (χ1n) is 11.7. The van der Waals surface area contributed by atoms with Crippen molar-refractivity contribution in [2.24, 2.45) is 5.92 Å². The molecule has 1 aromatic heterocycles. The Labute approximate surface area is 213 Å². The molecule has 2 aromatic rings. The first-order valence-corrected chi connectivity index (χ1v) is 13.3. The number of carbonyl (C=O) groups excluding carboxylic acids is 3. The van der Waals surface area contributed by atoms with E-state index in [9.17, 15) is 14.4 Å². The molecule has 10 heteroatoms. The molecule has 0 unspecified atom stereocenters. The Morgan fingerprint density at radius 2 is 2.06 bits per heavy atom. The monoisotopic (exact) mass is 514 g/mol. The maximum atomic E-state index is 13.7. The second-order valence-corrected chi connectivity index (χ2v) is 11.2. The lowest BCUT2D eigenvalue weighted by molar-refractivity contribution is -0.126. The number of rotatable bonds is 7. The van der Waals surface area contributed by atoms with Gasteiger partial charge in [0.1, 0.15) is 5.75 Å². The van der Waals surface area contributed by atoms with Gasteiger partial charge in [0.05, 0.1) is 23.1 Å². The van der Waals surface area contributed by atoms with Crippen LogP contribution in [0.5, 0.6) is 5.75 Å². The van der Waals surface area contributed by atoms with E-state index in [1.165, 1.54) is 29.2 Å². The van der Waals surface area contributed by atoms with Crippen molar-refractivity contribution in [1.29, 1.82) is 0 Å². The van der Waals surface area contributed by atoms with Gasteiger partial charge in [-0.3, -0.25) is 14.4 Å². The molecule has 8 nitrogen and oxygen atoms in total. The van der Waals surface area contributed by atoms with E-state index in [1.54, 1.807) is 18.2 Å². The maximum Gasteiger partial charge on any atom is 0.257 e. The first-order chi connectivity index (χ1) is 16.8. The van der Waals surface area contributed by atoms with E-state index < -0.39 is 0 Å². The molecule has 1 saturated heterocycles. The number of anilines is 1. The van der Waals surface area contributed by atoms with Crippen LogP contribution < -0.4 is 10.1 Å². The van der Waals surface area contributed by atoms with E-state index in [1.807, 2.05) is 30.9 Å². The van der Waals surface area contributed by atoms with Crippen LogP contribution in [0, 0.1) is 12.8 Å². The molecule has 1 N–H and O–H groups in total. The summed E-state index contributed by atoms with van der Waals surface area (Å²) in [6, 6.07) is 3.60. The van der Waals surface area contributed by atoms with Crippen LogP contribution in [-0.2, 0) is 9.59 Å². The van der Waals surface area contributed by atoms with Gasteiger partial charge in [0.15, 0.2) is 5.13 Å². The number of hydrogen-bond donors (Lipinski definition) is 1. The van der Waals surface area contributed by atoms with Crippen LogP contribution in [0.4, 0.5) is 5.13 Å². The molecule has 0 bridgehead atoms. The third-order valence-corrected chi connectivity index (χ3v) is 8.37. The van der Waals surface area contributed by atoms with E-state index in [-0.39, 0.29) is 29.7 Å². The molecular formula is C25H30N4O4S2. The highest BCUT2D eigenvalue weighted by Gasteiger charge is 2.31. The zero-order valence-electron chi connectivity index (χ0n) is 20.2. The van der Waals surface area contributed by atoms with E-state index >= 15 is 0 Å². The zero-order chi connectivity index (χ0) is 25.1. The minimum atomic E-state index is -0.143. The third kappa shape index (κ3) is 5.87. The number of nitrogens with one attached hydrogen (secondary N) is 1. The number of amides is 3. The number of thiazole rings is 1. The predicted molar refractivity (Wildman–Crippen MR) is 137 cm³/mol. The highest BCUT2D eigenvalue weighted by molar-refractivity contribution is 8.01. The third-order valence-electron chi connectivity index (χ3n) is 6.19. The van der Waals surface area contributed by atoms with Crippen molar-refractivity contribution in [2.75, 3.05) is 32.1 Å². The molecule has 2 aliphatic rings. The Morgan fingerprint density at radius 3 is 2.74 bits per heavy atom. The fourth-order valence-corrected chi connectivity index (χ4v) is 6.02. The number of hydrogen-bond acceptors (Lipinski definition) is 7. The average molecular weight is 515 g/mol. The standard InChI is InChI=1S/C25H30N4O4S2/c1-5-21(30)28-9-6-10-29(16(3)14-28)24(32)18-12-20(15(2)11-19(18)33-4)34-22-13-26-25(35-22)27-23(31)17-7-8-17/h5,11-13,16-17H,1,6-10,14H2,2-4H3,(H,26,27,31)/t16-/m0/s1. The summed E-state index contributed by atoms with van der Waals surface area (Å²) in [5, 5.41) is 3.47. The number of nitrogens with zero attached hydrogens (tertiary/aromatic N) is 3. The van der Waals surface area contributed by atoms with Crippen molar-refractivity contribution in [3.8, 4) is 5.75 Å². The quantitative estimate of drug-likeness (QED) is 0.557. The highest BCUT2D eigenvalue weighted by atomic mass is 32.2. The average Bonchev–Trinajstić information content (AvgIpc) is 3.64. The van der Waals surface area contributed by atoms with Crippen molar-refractivity contribution >= 4 is 46.0 Å². The second-order valence-electron chi connectivity index (χ2n) is 8.86. The number of aryl methyl sites for hydroxylation is 1. The van der Waals surface area contributed by atoms with E-state index in [0.717, 1.165) is 27.5 Å². The highest BCUT2D eigenvalue weighted by Crippen LogP contribution is 2.39. The van der Waals surface area contributed by atoms with Gasteiger partial charge in [0.25, 0.3) is 5.91 Å². The molecule has 186 valence electrons. The molecule has 4 rings (SSSR count). The summed E-state index contributed by atoms with van der Waals surface area (Å²) in [5.74, 6) is 0.440. The Balaban J connectivity index is 1.53. The van der Waals surface area contributed by atoms with Crippen LogP contribution in [0.15, 0.2) is 40.1 Å². The van der Waals surface area contributed by atoms with Crippen LogP contribution in [0.2, 0.25) is 0 Å². The van der Waals surface area contributed by atoms with Crippen molar-refractivity contribution in [3.63, 3.8) is 0 Å². The van der Waals surface area contributed by atoms with Gasteiger partial charge in [-0.25, -0.2) is 4.98 Å². The molecule has 1 aliphatic carbocycles. The molecule has 0 spiro atoms. The number of ether oxygens (including phenoxy) is 1. The molecule has 1 atom stereocenters. The zero-order valence-corrected chi connectivity index (χ0v) is 21.8. The number of methoxy groups -OCH3 is 1. The number of aromatic nitrogens is 1. The largest absolute Gasteiger partial charge is 0.496 e. The van der Waals surface area contributed by atoms with Crippen molar-refractivity contribution in [2.45, 2.75) is 48.3 Å². The Bertz CT molecular complexity index is 1140. The molecule has 3 amide bonds. The Kier molecular flexibility index (Phi) is 7.81. The van der Waals surface area contributed by atoms with Crippen molar-refractivity contribution in [1.82, 2.24) is 14.8 Å². The number of carbonyl (C=O) groups is 3. The summed E-state index contributed by atoms with van der Waals surface area (Å²) in [7, 11) is 1.56. The van der Waals surface area contributed by atoms with Crippen LogP contribution in [0.1, 0.15) is 42.1 Å². The normalized spacial score (nSPS) is 18.1. The minimum Gasteiger partial charge on any atom is -0.496 e. The van der Waals surface area contributed by atoms with Crippen molar-refractivity contribution < 1.29 is 19.1 Å². The summed E-state index contributed by atoms with van der Waals surface area (Å²) >= 11 is 2.93. The van der Waals surface area contributed by atoms with Gasteiger partial charge in [-0.2, -0.15) is 0 Å². The first kappa shape index (κ1) is 25.2. The van der Waals surface area contributed by atoms with Crippen LogP contribution in [0.3, 0.4) is 0 Å². The van der Waals surface area contributed by atoms with Crippen molar-refractivity contribution in [3.05, 3.63) is 42.1 Å². The number of benzene rings is 1. The molecule has 35 heavy (non-hydrogen) atoms. The molecule has 2 fully saturated rings. The van der Waals surface area contributed by atoms with Gasteiger partial charge in [-0.15, -0.1) is 0 Å². The fraction of sp³-hybridized carbons (Fsp3) is 0.440. The fourth-order valence-electron chi connectivity index (χ4n) is 4.08. The minimum absolute atomic E-state index is 0.0318. The summed E-state index contributed by atoms with van der Waals surface area (Å²) in [5.41, 5.74) is 1.47. The van der Waals surface area contributed by atoms with Gasteiger partial charge in [0, 0.05) is 36.5 Å². The summed E-state index contributed by atoms with van der Waals surface area (Å²) in [6.07, 6.45) is 5.64. The summed E-state index contributed by atoms with van der Waals surface area (Å²) in [6.45, 7) is 9.12. The lowest BCUT2D eigenvalue weighted by Crippen LogP contribution is -2.43.